The number of aromatic nitrogens is 2. The lowest BCUT2D eigenvalue weighted by atomic mass is 10.2. The van der Waals surface area contributed by atoms with Crippen LogP contribution < -0.4 is 5.73 Å². The van der Waals surface area contributed by atoms with E-state index in [1.807, 2.05) is 4.57 Å². The van der Waals surface area contributed by atoms with Gasteiger partial charge in [0.2, 0.25) is 5.95 Å². The van der Waals surface area contributed by atoms with Gasteiger partial charge in [0.15, 0.2) is 0 Å². The normalized spacial score (nSPS) is 23.9. The third-order valence-electron chi connectivity index (χ3n) is 3.73. The molecule has 1 aliphatic carbocycles. The third kappa shape index (κ3) is 1.66. The molecule has 1 aliphatic rings. The van der Waals surface area contributed by atoms with Crippen LogP contribution in [0.4, 0.5) is 10.3 Å². The Morgan fingerprint density at radius 2 is 2.28 bits per heavy atom. The second-order valence-electron chi connectivity index (χ2n) is 4.75. The molecule has 2 aromatic rings. The van der Waals surface area contributed by atoms with Gasteiger partial charge in [-0.1, -0.05) is 0 Å². The van der Waals surface area contributed by atoms with E-state index in [4.69, 9.17) is 10.5 Å². The average molecular weight is 249 g/mol. The molecule has 5 heteroatoms. The van der Waals surface area contributed by atoms with Crippen LogP contribution in [-0.2, 0) is 4.74 Å². The third-order valence-corrected chi connectivity index (χ3v) is 3.73. The molecule has 0 amide bonds. The molecule has 2 atom stereocenters. The molecular formula is C13H16FN3O. The zero-order valence-corrected chi connectivity index (χ0v) is 10.3. The monoisotopic (exact) mass is 249 g/mol. The highest BCUT2D eigenvalue weighted by atomic mass is 19.1. The van der Waals surface area contributed by atoms with Crippen molar-refractivity contribution in [2.75, 3.05) is 12.8 Å². The fourth-order valence-corrected chi connectivity index (χ4v) is 2.91. The van der Waals surface area contributed by atoms with Gasteiger partial charge in [0.1, 0.15) is 5.82 Å². The Hall–Kier alpha value is -1.62. The Morgan fingerprint density at radius 3 is 3.06 bits per heavy atom. The van der Waals surface area contributed by atoms with Crippen LogP contribution in [0.1, 0.15) is 25.3 Å². The number of hydrogen-bond donors (Lipinski definition) is 1. The van der Waals surface area contributed by atoms with E-state index in [1.54, 1.807) is 13.2 Å². The first-order chi connectivity index (χ1) is 8.70. The van der Waals surface area contributed by atoms with Gasteiger partial charge in [-0.15, -0.1) is 0 Å². The fraction of sp³-hybridized carbons (Fsp3) is 0.462. The van der Waals surface area contributed by atoms with E-state index in [0.29, 0.717) is 5.95 Å². The van der Waals surface area contributed by atoms with Crippen LogP contribution >= 0.6 is 0 Å². The molecule has 1 fully saturated rings. The van der Waals surface area contributed by atoms with Gasteiger partial charge in [-0.3, -0.25) is 0 Å². The molecular weight excluding hydrogens is 233 g/mol. The van der Waals surface area contributed by atoms with Crippen LogP contribution in [0.3, 0.4) is 0 Å². The molecule has 18 heavy (non-hydrogen) atoms. The second-order valence-corrected chi connectivity index (χ2v) is 4.75. The lowest BCUT2D eigenvalue weighted by Crippen LogP contribution is -2.21. The lowest BCUT2D eigenvalue weighted by molar-refractivity contribution is 0.0768. The van der Waals surface area contributed by atoms with E-state index >= 15 is 0 Å². The smallest absolute Gasteiger partial charge is 0.201 e. The van der Waals surface area contributed by atoms with E-state index in [1.165, 1.54) is 12.1 Å². The Morgan fingerprint density at radius 1 is 1.44 bits per heavy atom. The molecule has 2 unspecified atom stereocenters. The molecule has 96 valence electrons. The van der Waals surface area contributed by atoms with Gasteiger partial charge < -0.3 is 15.0 Å². The van der Waals surface area contributed by atoms with Crippen LogP contribution in [0.2, 0.25) is 0 Å². The summed E-state index contributed by atoms with van der Waals surface area (Å²) in [5.74, 6) is 0.167. The predicted molar refractivity (Wildman–Crippen MR) is 67.8 cm³/mol. The fourth-order valence-electron chi connectivity index (χ4n) is 2.91. The number of hydrogen-bond acceptors (Lipinski definition) is 3. The van der Waals surface area contributed by atoms with Gasteiger partial charge in [-0.05, 0) is 37.5 Å². The maximum Gasteiger partial charge on any atom is 0.201 e. The topological polar surface area (TPSA) is 53.1 Å². The Balaban J connectivity index is 2.15. The molecule has 0 bridgehead atoms. The number of benzene rings is 1. The van der Waals surface area contributed by atoms with Crippen LogP contribution in [-0.4, -0.2) is 22.8 Å². The molecule has 1 aromatic heterocycles. The van der Waals surface area contributed by atoms with E-state index in [-0.39, 0.29) is 18.0 Å². The number of nitrogens with two attached hydrogens (primary N) is 1. The predicted octanol–water partition coefficient (Wildman–Crippen LogP) is 2.50. The van der Waals surface area contributed by atoms with Crippen molar-refractivity contribution in [3.63, 3.8) is 0 Å². The highest BCUT2D eigenvalue weighted by Gasteiger charge is 2.31. The largest absolute Gasteiger partial charge is 0.379 e. The van der Waals surface area contributed by atoms with E-state index in [2.05, 4.69) is 4.98 Å². The SMILES string of the molecule is COC1CCCC1n1c(N)nc2ccc(F)cc21. The zero-order valence-electron chi connectivity index (χ0n) is 10.3. The minimum absolute atomic E-state index is 0.132. The molecule has 0 aliphatic heterocycles. The number of anilines is 1. The highest BCUT2D eigenvalue weighted by molar-refractivity contribution is 5.78. The first kappa shape index (κ1) is 11.5. The number of fused-ring (bicyclic) bond motifs is 1. The number of nitrogens with zero attached hydrogens (tertiary/aromatic N) is 2. The number of ether oxygens (including phenoxy) is 1. The minimum Gasteiger partial charge on any atom is -0.379 e. The molecule has 4 nitrogen and oxygen atoms in total. The zero-order chi connectivity index (χ0) is 12.7. The Labute approximate surface area is 105 Å². The Kier molecular flexibility index (Phi) is 2.70. The lowest BCUT2D eigenvalue weighted by Gasteiger charge is -2.21. The number of nitrogen functional groups attached to an aromatic ring is 1. The van der Waals surface area contributed by atoms with Crippen molar-refractivity contribution in [3.8, 4) is 0 Å². The number of imidazole rings is 1. The summed E-state index contributed by atoms with van der Waals surface area (Å²) in [6.07, 6.45) is 3.23. The van der Waals surface area contributed by atoms with Crippen molar-refractivity contribution in [1.29, 1.82) is 0 Å². The summed E-state index contributed by atoms with van der Waals surface area (Å²) < 4.78 is 20.8. The van der Waals surface area contributed by atoms with Crippen molar-refractivity contribution in [3.05, 3.63) is 24.0 Å². The molecule has 1 saturated carbocycles. The minimum atomic E-state index is -0.268. The quantitative estimate of drug-likeness (QED) is 0.889. The first-order valence-electron chi connectivity index (χ1n) is 6.16. The maximum absolute atomic E-state index is 13.4. The van der Waals surface area contributed by atoms with Crippen molar-refractivity contribution in [2.24, 2.45) is 0 Å². The van der Waals surface area contributed by atoms with Crippen LogP contribution in [0.25, 0.3) is 11.0 Å². The van der Waals surface area contributed by atoms with Crippen LogP contribution in [0, 0.1) is 5.82 Å². The van der Waals surface area contributed by atoms with Gasteiger partial charge in [-0.25, -0.2) is 9.37 Å². The van der Waals surface area contributed by atoms with Gasteiger partial charge in [0, 0.05) is 7.11 Å². The van der Waals surface area contributed by atoms with Crippen molar-refractivity contribution in [1.82, 2.24) is 9.55 Å². The van der Waals surface area contributed by atoms with Gasteiger partial charge in [-0.2, -0.15) is 0 Å². The second kappa shape index (κ2) is 4.24. The van der Waals surface area contributed by atoms with Gasteiger partial charge >= 0.3 is 0 Å². The van der Waals surface area contributed by atoms with E-state index < -0.39 is 0 Å². The van der Waals surface area contributed by atoms with Crippen LogP contribution in [0.15, 0.2) is 18.2 Å². The van der Waals surface area contributed by atoms with E-state index in [0.717, 1.165) is 30.3 Å². The van der Waals surface area contributed by atoms with E-state index in [9.17, 15) is 4.39 Å². The number of methoxy groups -OCH3 is 1. The molecule has 1 heterocycles. The van der Waals surface area contributed by atoms with Crippen molar-refractivity contribution in [2.45, 2.75) is 31.4 Å². The Bertz CT molecular complexity index is 581. The molecule has 1 aromatic carbocycles. The average Bonchev–Trinajstić information content (AvgIpc) is 2.91. The molecule has 0 spiro atoms. The summed E-state index contributed by atoms with van der Waals surface area (Å²) in [5, 5.41) is 0. The summed E-state index contributed by atoms with van der Waals surface area (Å²) in [7, 11) is 1.71. The molecule has 2 N–H and O–H groups in total. The molecule has 3 rings (SSSR count). The van der Waals surface area contributed by atoms with Crippen molar-refractivity contribution < 1.29 is 9.13 Å². The molecule has 0 radical (unpaired) electrons. The summed E-state index contributed by atoms with van der Waals surface area (Å²) >= 11 is 0. The first-order valence-corrected chi connectivity index (χ1v) is 6.16. The van der Waals surface area contributed by atoms with Crippen molar-refractivity contribution >= 4 is 17.0 Å². The maximum atomic E-state index is 13.4. The molecule has 0 saturated heterocycles. The summed E-state index contributed by atoms with van der Waals surface area (Å²) in [6, 6.07) is 4.71. The van der Waals surface area contributed by atoms with Crippen LogP contribution in [0.5, 0.6) is 0 Å². The number of rotatable bonds is 2. The highest BCUT2D eigenvalue weighted by Crippen LogP contribution is 2.36. The summed E-state index contributed by atoms with van der Waals surface area (Å²) in [6.45, 7) is 0. The number of halogens is 1. The summed E-state index contributed by atoms with van der Waals surface area (Å²) in [4.78, 5) is 4.29. The van der Waals surface area contributed by atoms with Gasteiger partial charge in [0.25, 0.3) is 0 Å². The summed E-state index contributed by atoms with van der Waals surface area (Å²) in [5.41, 5.74) is 7.46. The van der Waals surface area contributed by atoms with Gasteiger partial charge in [0.05, 0.1) is 23.2 Å². The standard InChI is InChI=1S/C13H16FN3O/c1-18-12-4-2-3-10(12)17-11-7-8(14)5-6-9(11)16-13(17)15/h5-7,10,12H,2-4H2,1H3,(H2,15,16).